The number of hydrogen-bond acceptors (Lipinski definition) is 3. The van der Waals surface area contributed by atoms with E-state index in [1.165, 1.54) is 0 Å². The molecule has 0 bridgehead atoms. The summed E-state index contributed by atoms with van der Waals surface area (Å²) >= 11 is 0. The zero-order valence-corrected chi connectivity index (χ0v) is 9.27. The predicted octanol–water partition coefficient (Wildman–Crippen LogP) is 2.53. The molecule has 3 heteroatoms. The van der Waals surface area contributed by atoms with Crippen LogP contribution >= 0.6 is 0 Å². The average Bonchev–Trinajstić information content (AvgIpc) is 2.27. The van der Waals surface area contributed by atoms with Crippen molar-refractivity contribution in [3.8, 4) is 0 Å². The van der Waals surface area contributed by atoms with E-state index >= 15 is 0 Å². The third kappa shape index (κ3) is 3.44. The molecule has 0 aliphatic heterocycles. The molecule has 1 aromatic heterocycles. The van der Waals surface area contributed by atoms with Gasteiger partial charge in [-0.05, 0) is 19.4 Å². The van der Waals surface area contributed by atoms with E-state index in [0.717, 1.165) is 12.0 Å². The minimum Gasteiger partial charge on any atom is -0.366 e. The van der Waals surface area contributed by atoms with Crippen molar-refractivity contribution in [3.05, 3.63) is 30.1 Å². The van der Waals surface area contributed by atoms with Gasteiger partial charge in [0.15, 0.2) is 5.78 Å². The van der Waals surface area contributed by atoms with Crippen molar-refractivity contribution in [2.75, 3.05) is 6.61 Å². The van der Waals surface area contributed by atoms with Gasteiger partial charge in [-0.1, -0.05) is 13.0 Å². The molecule has 0 fully saturated rings. The SMILES string of the molecule is CCCC(=O)C(OCC)c1cccnc1. The minimum atomic E-state index is -0.441. The standard InChI is InChI=1S/C12H17NO2/c1-3-6-11(14)12(15-4-2)10-7-5-8-13-9-10/h5,7-9,12H,3-4,6H2,1-2H3. The van der Waals surface area contributed by atoms with Crippen LogP contribution in [-0.4, -0.2) is 17.4 Å². The second-order valence-electron chi connectivity index (χ2n) is 3.34. The van der Waals surface area contributed by atoms with Gasteiger partial charge in [0.05, 0.1) is 0 Å². The van der Waals surface area contributed by atoms with Crippen molar-refractivity contribution >= 4 is 5.78 Å². The minimum absolute atomic E-state index is 0.132. The van der Waals surface area contributed by atoms with E-state index < -0.39 is 6.10 Å². The molecule has 3 nitrogen and oxygen atoms in total. The molecule has 82 valence electrons. The normalized spacial score (nSPS) is 12.4. The molecule has 0 aromatic carbocycles. The number of nitrogens with zero attached hydrogens (tertiary/aromatic N) is 1. The number of Topliss-reactive ketones (excluding diaryl/α,β-unsaturated/α-hetero) is 1. The van der Waals surface area contributed by atoms with Crippen LogP contribution in [0.15, 0.2) is 24.5 Å². The molecule has 0 saturated carbocycles. The molecule has 1 aromatic rings. The molecule has 1 unspecified atom stereocenters. The second-order valence-corrected chi connectivity index (χ2v) is 3.34. The number of rotatable bonds is 6. The van der Waals surface area contributed by atoms with Crippen molar-refractivity contribution in [1.29, 1.82) is 0 Å². The molecule has 0 radical (unpaired) electrons. The van der Waals surface area contributed by atoms with Gasteiger partial charge in [-0.2, -0.15) is 0 Å². The van der Waals surface area contributed by atoms with E-state index in [9.17, 15) is 4.79 Å². The van der Waals surface area contributed by atoms with Crippen LogP contribution in [0.4, 0.5) is 0 Å². The highest BCUT2D eigenvalue weighted by molar-refractivity contribution is 5.84. The first-order chi connectivity index (χ1) is 7.29. The molecule has 0 saturated heterocycles. The predicted molar refractivity (Wildman–Crippen MR) is 58.5 cm³/mol. The lowest BCUT2D eigenvalue weighted by atomic mass is 10.0. The van der Waals surface area contributed by atoms with Crippen LogP contribution in [-0.2, 0) is 9.53 Å². The fourth-order valence-electron chi connectivity index (χ4n) is 1.45. The third-order valence-corrected chi connectivity index (χ3v) is 2.11. The van der Waals surface area contributed by atoms with Crippen LogP contribution in [0.3, 0.4) is 0 Å². The van der Waals surface area contributed by atoms with Crippen molar-refractivity contribution in [1.82, 2.24) is 4.98 Å². The quantitative estimate of drug-likeness (QED) is 0.719. The largest absolute Gasteiger partial charge is 0.366 e. The number of aromatic nitrogens is 1. The lowest BCUT2D eigenvalue weighted by Gasteiger charge is -2.15. The fraction of sp³-hybridized carbons (Fsp3) is 0.500. The van der Waals surface area contributed by atoms with Gasteiger partial charge in [0, 0.05) is 31.0 Å². The highest BCUT2D eigenvalue weighted by Gasteiger charge is 2.19. The first-order valence-electron chi connectivity index (χ1n) is 5.33. The zero-order chi connectivity index (χ0) is 11.1. The molecule has 0 amide bonds. The second kappa shape index (κ2) is 6.30. The molecule has 15 heavy (non-hydrogen) atoms. The number of pyridine rings is 1. The van der Waals surface area contributed by atoms with Crippen molar-refractivity contribution in [3.63, 3.8) is 0 Å². The molecular weight excluding hydrogens is 190 g/mol. The first kappa shape index (κ1) is 11.9. The number of hydrogen-bond donors (Lipinski definition) is 0. The Morgan fingerprint density at radius 1 is 1.53 bits per heavy atom. The van der Waals surface area contributed by atoms with Gasteiger partial charge in [0.2, 0.25) is 0 Å². The third-order valence-electron chi connectivity index (χ3n) is 2.11. The van der Waals surface area contributed by atoms with E-state index in [-0.39, 0.29) is 5.78 Å². The Morgan fingerprint density at radius 2 is 2.33 bits per heavy atom. The Labute approximate surface area is 90.5 Å². The van der Waals surface area contributed by atoms with Crippen molar-refractivity contribution in [2.24, 2.45) is 0 Å². The first-order valence-corrected chi connectivity index (χ1v) is 5.33. The zero-order valence-electron chi connectivity index (χ0n) is 9.27. The highest BCUT2D eigenvalue weighted by Crippen LogP contribution is 2.19. The maximum absolute atomic E-state index is 11.8. The number of ether oxygens (including phenoxy) is 1. The molecule has 0 spiro atoms. The van der Waals surface area contributed by atoms with Gasteiger partial charge in [-0.15, -0.1) is 0 Å². The Bertz CT molecular complexity index is 298. The Hall–Kier alpha value is -1.22. The van der Waals surface area contributed by atoms with Crippen LogP contribution in [0.2, 0.25) is 0 Å². The lowest BCUT2D eigenvalue weighted by molar-refractivity contribution is -0.130. The monoisotopic (exact) mass is 207 g/mol. The molecule has 0 aliphatic carbocycles. The summed E-state index contributed by atoms with van der Waals surface area (Å²) in [4.78, 5) is 15.8. The fourth-order valence-corrected chi connectivity index (χ4v) is 1.45. The summed E-state index contributed by atoms with van der Waals surface area (Å²) in [6.07, 6.45) is 4.34. The average molecular weight is 207 g/mol. The van der Waals surface area contributed by atoms with Crippen LogP contribution < -0.4 is 0 Å². The summed E-state index contributed by atoms with van der Waals surface area (Å²) in [7, 11) is 0. The summed E-state index contributed by atoms with van der Waals surface area (Å²) in [5, 5.41) is 0. The topological polar surface area (TPSA) is 39.2 Å². The van der Waals surface area contributed by atoms with Gasteiger partial charge in [-0.25, -0.2) is 0 Å². The summed E-state index contributed by atoms with van der Waals surface area (Å²) in [5.41, 5.74) is 0.845. The Balaban J connectivity index is 2.78. The van der Waals surface area contributed by atoms with Gasteiger partial charge in [0.25, 0.3) is 0 Å². The Kier molecular flexibility index (Phi) is 4.98. The summed E-state index contributed by atoms with van der Waals surface area (Å²) < 4.78 is 5.45. The van der Waals surface area contributed by atoms with E-state index in [1.807, 2.05) is 26.0 Å². The van der Waals surface area contributed by atoms with Gasteiger partial charge in [0.1, 0.15) is 6.10 Å². The van der Waals surface area contributed by atoms with Crippen LogP contribution in [0.1, 0.15) is 38.4 Å². The molecular formula is C12H17NO2. The van der Waals surface area contributed by atoms with Gasteiger partial charge >= 0.3 is 0 Å². The Morgan fingerprint density at radius 3 is 2.87 bits per heavy atom. The van der Waals surface area contributed by atoms with Crippen molar-refractivity contribution in [2.45, 2.75) is 32.8 Å². The maximum atomic E-state index is 11.8. The smallest absolute Gasteiger partial charge is 0.166 e. The highest BCUT2D eigenvalue weighted by atomic mass is 16.5. The van der Waals surface area contributed by atoms with Gasteiger partial charge < -0.3 is 4.74 Å². The van der Waals surface area contributed by atoms with Crippen LogP contribution in [0.5, 0.6) is 0 Å². The van der Waals surface area contributed by atoms with E-state index in [4.69, 9.17) is 4.74 Å². The molecule has 0 N–H and O–H groups in total. The summed E-state index contributed by atoms with van der Waals surface area (Å²) in [6.45, 7) is 4.42. The van der Waals surface area contributed by atoms with Crippen molar-refractivity contribution < 1.29 is 9.53 Å². The molecule has 1 heterocycles. The maximum Gasteiger partial charge on any atom is 0.166 e. The number of carbonyl (C=O) groups is 1. The molecule has 1 rings (SSSR count). The van der Waals surface area contributed by atoms with E-state index in [2.05, 4.69) is 4.98 Å². The summed E-state index contributed by atoms with van der Waals surface area (Å²) in [6, 6.07) is 3.70. The molecule has 1 atom stereocenters. The number of carbonyl (C=O) groups excluding carboxylic acids is 1. The van der Waals surface area contributed by atoms with E-state index in [1.54, 1.807) is 12.4 Å². The van der Waals surface area contributed by atoms with Gasteiger partial charge in [-0.3, -0.25) is 9.78 Å². The van der Waals surface area contributed by atoms with Crippen LogP contribution in [0, 0.1) is 0 Å². The lowest BCUT2D eigenvalue weighted by Crippen LogP contribution is -2.16. The summed E-state index contributed by atoms with van der Waals surface area (Å²) in [5.74, 6) is 0.132. The number of ketones is 1. The van der Waals surface area contributed by atoms with Crippen LogP contribution in [0.25, 0.3) is 0 Å². The van der Waals surface area contributed by atoms with E-state index in [0.29, 0.717) is 13.0 Å². The molecule has 0 aliphatic rings.